The lowest BCUT2D eigenvalue weighted by Crippen LogP contribution is -2.02. The monoisotopic (exact) mass is 373 g/mol. The molecule has 6 heteroatoms. The van der Waals surface area contributed by atoms with Crippen molar-refractivity contribution < 1.29 is 0 Å². The highest BCUT2D eigenvalue weighted by Gasteiger charge is 2.09. The molecule has 0 spiro atoms. The number of aromatic nitrogens is 2. The van der Waals surface area contributed by atoms with Gasteiger partial charge in [0.15, 0.2) is 0 Å². The molecule has 0 amide bonds. The smallest absolute Gasteiger partial charge is 0.135 e. The van der Waals surface area contributed by atoms with E-state index in [9.17, 15) is 0 Å². The van der Waals surface area contributed by atoms with E-state index in [0.29, 0.717) is 15.9 Å². The van der Waals surface area contributed by atoms with E-state index in [1.807, 2.05) is 26.8 Å². The maximum atomic E-state index is 6.22. The third kappa shape index (κ3) is 3.62. The van der Waals surface area contributed by atoms with Crippen LogP contribution in [0.1, 0.15) is 31.2 Å². The van der Waals surface area contributed by atoms with Crippen molar-refractivity contribution in [2.45, 2.75) is 26.7 Å². The average Bonchev–Trinajstić information content (AvgIpc) is 2.35. The molecule has 0 bridgehead atoms. The molecule has 20 heavy (non-hydrogen) atoms. The van der Waals surface area contributed by atoms with Crippen molar-refractivity contribution >= 4 is 50.6 Å². The lowest BCUT2D eigenvalue weighted by molar-refractivity contribution is 0.771. The van der Waals surface area contributed by atoms with E-state index in [0.717, 1.165) is 21.7 Å². The van der Waals surface area contributed by atoms with E-state index >= 15 is 0 Å². The second-order valence-corrected chi connectivity index (χ2v) is 6.42. The van der Waals surface area contributed by atoms with Gasteiger partial charge >= 0.3 is 0 Å². The van der Waals surface area contributed by atoms with Gasteiger partial charge in [0.1, 0.15) is 16.2 Å². The molecule has 1 aromatic heterocycles. The zero-order chi connectivity index (χ0) is 14.9. The van der Waals surface area contributed by atoms with Crippen LogP contribution in [0.15, 0.2) is 22.8 Å². The highest BCUT2D eigenvalue weighted by atomic mass is 79.9. The summed E-state index contributed by atoms with van der Waals surface area (Å²) in [5.41, 5.74) is 1.66. The van der Waals surface area contributed by atoms with E-state index in [4.69, 9.17) is 23.2 Å². The molecule has 0 fully saturated rings. The minimum Gasteiger partial charge on any atom is -0.339 e. The third-order valence-corrected chi connectivity index (χ3v) is 3.87. The van der Waals surface area contributed by atoms with Crippen LogP contribution in [0.3, 0.4) is 0 Å². The van der Waals surface area contributed by atoms with Gasteiger partial charge in [-0.25, -0.2) is 9.97 Å². The van der Waals surface area contributed by atoms with Gasteiger partial charge in [-0.2, -0.15) is 0 Å². The Hall–Kier alpha value is -0.840. The Morgan fingerprint density at radius 1 is 1.10 bits per heavy atom. The Morgan fingerprint density at radius 3 is 2.45 bits per heavy atom. The van der Waals surface area contributed by atoms with Crippen molar-refractivity contribution in [3.8, 4) is 0 Å². The average molecular weight is 375 g/mol. The number of aryl methyl sites for hydroxylation is 1. The summed E-state index contributed by atoms with van der Waals surface area (Å²) < 4.78 is 0.730. The normalized spacial score (nSPS) is 10.9. The molecule has 2 rings (SSSR count). The Bertz CT molecular complexity index is 645. The second kappa shape index (κ2) is 6.29. The molecule has 0 saturated carbocycles. The van der Waals surface area contributed by atoms with Crippen molar-refractivity contribution in [2.24, 2.45) is 0 Å². The van der Waals surface area contributed by atoms with Crippen LogP contribution in [0.25, 0.3) is 0 Å². The first-order valence-electron chi connectivity index (χ1n) is 6.14. The Balaban J connectivity index is 2.37. The van der Waals surface area contributed by atoms with Gasteiger partial charge in [-0.05, 0) is 40.5 Å². The molecular weight excluding hydrogens is 361 g/mol. The molecule has 0 atom stereocenters. The van der Waals surface area contributed by atoms with Gasteiger partial charge in [0.2, 0.25) is 0 Å². The molecule has 1 heterocycles. The molecule has 0 unspecified atom stereocenters. The quantitative estimate of drug-likeness (QED) is 0.698. The molecule has 3 nitrogen and oxygen atoms in total. The summed E-state index contributed by atoms with van der Waals surface area (Å²) in [7, 11) is 0. The van der Waals surface area contributed by atoms with Crippen molar-refractivity contribution in [3.63, 3.8) is 0 Å². The first kappa shape index (κ1) is 15.5. The third-order valence-electron chi connectivity index (χ3n) is 2.74. The zero-order valence-electron chi connectivity index (χ0n) is 11.3. The summed E-state index contributed by atoms with van der Waals surface area (Å²) in [5.74, 6) is 1.68. The van der Waals surface area contributed by atoms with Gasteiger partial charge < -0.3 is 5.32 Å². The van der Waals surface area contributed by atoms with Gasteiger partial charge in [-0.3, -0.25) is 0 Å². The Morgan fingerprint density at radius 2 is 1.80 bits per heavy atom. The Labute approximate surface area is 136 Å². The highest BCUT2D eigenvalue weighted by molar-refractivity contribution is 9.10. The number of hydrogen-bond acceptors (Lipinski definition) is 3. The number of nitrogens with zero attached hydrogens (tertiary/aromatic N) is 2. The molecule has 1 aromatic carbocycles. The topological polar surface area (TPSA) is 37.8 Å². The first-order chi connectivity index (χ1) is 9.36. The van der Waals surface area contributed by atoms with Gasteiger partial charge in [-0.15, -0.1) is 0 Å². The van der Waals surface area contributed by atoms with Crippen LogP contribution < -0.4 is 5.32 Å². The Kier molecular flexibility index (Phi) is 4.89. The molecule has 0 saturated heterocycles. The van der Waals surface area contributed by atoms with E-state index in [-0.39, 0.29) is 5.92 Å². The van der Waals surface area contributed by atoms with Crippen molar-refractivity contribution in [2.75, 3.05) is 5.32 Å². The number of rotatable bonds is 3. The number of nitrogens with one attached hydrogen (secondary N) is 1. The van der Waals surface area contributed by atoms with Crippen LogP contribution in [0.5, 0.6) is 0 Å². The van der Waals surface area contributed by atoms with Gasteiger partial charge in [0.05, 0.1) is 10.7 Å². The second-order valence-electron chi connectivity index (χ2n) is 4.80. The maximum absolute atomic E-state index is 6.22. The lowest BCUT2D eigenvalue weighted by atomic mass is 10.2. The van der Waals surface area contributed by atoms with Crippen molar-refractivity contribution in [3.05, 3.63) is 44.2 Å². The van der Waals surface area contributed by atoms with Crippen LogP contribution >= 0.6 is 39.1 Å². The van der Waals surface area contributed by atoms with E-state index in [2.05, 4.69) is 31.2 Å². The maximum Gasteiger partial charge on any atom is 0.135 e. The summed E-state index contributed by atoms with van der Waals surface area (Å²) in [5, 5.41) is 4.44. The van der Waals surface area contributed by atoms with Gasteiger partial charge in [0, 0.05) is 17.0 Å². The van der Waals surface area contributed by atoms with E-state index in [1.54, 1.807) is 12.1 Å². The minimum atomic E-state index is 0.241. The summed E-state index contributed by atoms with van der Waals surface area (Å²) in [4.78, 5) is 8.80. The molecule has 0 aliphatic carbocycles. The molecule has 106 valence electrons. The lowest BCUT2D eigenvalue weighted by Gasteiger charge is -2.12. The molecular formula is C14H14BrCl2N3. The molecule has 0 aliphatic rings. The molecule has 1 N–H and O–H groups in total. The number of halogens is 3. The van der Waals surface area contributed by atoms with Gasteiger partial charge in [-0.1, -0.05) is 37.0 Å². The fourth-order valence-electron chi connectivity index (χ4n) is 1.64. The SMILES string of the molecule is Cc1cc(Cl)c(Nc2cc(Br)nc(C(C)C)n2)cc1Cl. The summed E-state index contributed by atoms with van der Waals surface area (Å²) in [6.45, 7) is 6.00. The summed E-state index contributed by atoms with van der Waals surface area (Å²) in [6, 6.07) is 5.42. The van der Waals surface area contributed by atoms with E-state index < -0.39 is 0 Å². The van der Waals surface area contributed by atoms with Crippen molar-refractivity contribution in [1.29, 1.82) is 0 Å². The number of benzene rings is 1. The largest absolute Gasteiger partial charge is 0.339 e. The highest BCUT2D eigenvalue weighted by Crippen LogP contribution is 2.31. The first-order valence-corrected chi connectivity index (χ1v) is 7.69. The zero-order valence-corrected chi connectivity index (χ0v) is 14.4. The fraction of sp³-hybridized carbons (Fsp3) is 0.286. The molecule has 0 aliphatic heterocycles. The van der Waals surface area contributed by atoms with E-state index in [1.165, 1.54) is 0 Å². The summed E-state index contributed by atoms with van der Waals surface area (Å²) in [6.07, 6.45) is 0. The standard InChI is InChI=1S/C14H14BrCl2N3/c1-7(2)14-19-12(15)6-13(20-14)18-11-5-9(16)8(3)4-10(11)17/h4-7H,1-3H3,(H,18,19,20). The van der Waals surface area contributed by atoms with Crippen LogP contribution in [0.4, 0.5) is 11.5 Å². The van der Waals surface area contributed by atoms with Crippen LogP contribution in [-0.2, 0) is 0 Å². The minimum absolute atomic E-state index is 0.241. The van der Waals surface area contributed by atoms with Gasteiger partial charge in [0.25, 0.3) is 0 Å². The van der Waals surface area contributed by atoms with Crippen LogP contribution in [0, 0.1) is 6.92 Å². The fourth-order valence-corrected chi connectivity index (χ4v) is 2.47. The molecule has 2 aromatic rings. The van der Waals surface area contributed by atoms with Crippen LogP contribution in [-0.4, -0.2) is 9.97 Å². The predicted molar refractivity (Wildman–Crippen MR) is 88.3 cm³/mol. The van der Waals surface area contributed by atoms with Crippen molar-refractivity contribution in [1.82, 2.24) is 9.97 Å². The number of anilines is 2. The summed E-state index contributed by atoms with van der Waals surface area (Å²) >= 11 is 15.7. The number of hydrogen-bond donors (Lipinski definition) is 1. The molecule has 0 radical (unpaired) electrons. The van der Waals surface area contributed by atoms with Crippen LogP contribution in [0.2, 0.25) is 10.0 Å². The predicted octanol–water partition coefficient (Wildman–Crippen LogP) is 5.72.